The van der Waals surface area contributed by atoms with Crippen LogP contribution < -0.4 is 10.1 Å². The van der Waals surface area contributed by atoms with Gasteiger partial charge in [-0.1, -0.05) is 13.0 Å². The van der Waals surface area contributed by atoms with Crippen molar-refractivity contribution >= 4 is 5.91 Å². The maximum Gasteiger partial charge on any atom is 0.255 e. The molecular weight excluding hydrogens is 312 g/mol. The molecule has 0 radical (unpaired) electrons. The Bertz CT molecular complexity index is 683. The van der Waals surface area contributed by atoms with E-state index < -0.39 is 0 Å². The van der Waals surface area contributed by atoms with Crippen LogP contribution in [0.5, 0.6) is 5.75 Å². The predicted octanol–water partition coefficient (Wildman–Crippen LogP) is 3.45. The van der Waals surface area contributed by atoms with Gasteiger partial charge in [0.2, 0.25) is 0 Å². The fourth-order valence-corrected chi connectivity index (χ4v) is 5.21. The SMILES string of the molecule is CCN1C2CCC1CC(NC(=O)c1cc(C)cc3c1OC(C)(C)C3)C2. The highest BCUT2D eigenvalue weighted by atomic mass is 16.5. The van der Waals surface area contributed by atoms with Gasteiger partial charge >= 0.3 is 0 Å². The van der Waals surface area contributed by atoms with Crippen molar-refractivity contribution in [2.75, 3.05) is 6.54 Å². The standard InChI is InChI=1S/C21H30N2O2/c1-5-23-16-6-7-17(23)11-15(10-16)22-20(24)18-9-13(2)8-14-12-21(3,4)25-19(14)18/h8-9,15-17H,5-7,10-12H2,1-4H3,(H,22,24). The number of fused-ring (bicyclic) bond motifs is 3. The molecule has 2 bridgehead atoms. The molecule has 0 spiro atoms. The van der Waals surface area contributed by atoms with E-state index in [-0.39, 0.29) is 11.5 Å². The zero-order valence-corrected chi connectivity index (χ0v) is 15.9. The van der Waals surface area contributed by atoms with Gasteiger partial charge in [0.25, 0.3) is 5.91 Å². The van der Waals surface area contributed by atoms with E-state index in [9.17, 15) is 4.79 Å². The van der Waals surface area contributed by atoms with Crippen LogP contribution in [0.4, 0.5) is 0 Å². The molecule has 3 aliphatic rings. The molecular formula is C21H30N2O2. The van der Waals surface area contributed by atoms with Crippen LogP contribution in [0.1, 0.15) is 67.9 Å². The number of amides is 1. The predicted molar refractivity (Wildman–Crippen MR) is 99.3 cm³/mol. The lowest BCUT2D eigenvalue weighted by Gasteiger charge is -2.38. The maximum atomic E-state index is 13.0. The van der Waals surface area contributed by atoms with Crippen LogP contribution in [-0.2, 0) is 6.42 Å². The van der Waals surface area contributed by atoms with Gasteiger partial charge in [-0.15, -0.1) is 0 Å². The number of nitrogens with one attached hydrogen (secondary N) is 1. The summed E-state index contributed by atoms with van der Waals surface area (Å²) in [6.45, 7) is 9.61. The van der Waals surface area contributed by atoms with Crippen molar-refractivity contribution in [2.45, 2.75) is 83.5 Å². The highest BCUT2D eigenvalue weighted by Crippen LogP contribution is 2.39. The van der Waals surface area contributed by atoms with E-state index in [1.54, 1.807) is 0 Å². The summed E-state index contributed by atoms with van der Waals surface area (Å²) in [5.41, 5.74) is 2.78. The second-order valence-corrected chi connectivity index (χ2v) is 8.70. The highest BCUT2D eigenvalue weighted by molar-refractivity contribution is 5.98. The molecule has 2 unspecified atom stereocenters. The van der Waals surface area contributed by atoms with Gasteiger partial charge in [-0.2, -0.15) is 0 Å². The summed E-state index contributed by atoms with van der Waals surface area (Å²) in [7, 11) is 0. The van der Waals surface area contributed by atoms with Crippen molar-refractivity contribution in [1.29, 1.82) is 0 Å². The van der Waals surface area contributed by atoms with Crippen molar-refractivity contribution in [3.05, 3.63) is 28.8 Å². The Morgan fingerprint density at radius 3 is 2.60 bits per heavy atom. The molecule has 0 aliphatic carbocycles. The van der Waals surface area contributed by atoms with Gasteiger partial charge in [0.15, 0.2) is 0 Å². The minimum atomic E-state index is -0.225. The third-order valence-electron chi connectivity index (χ3n) is 6.13. The van der Waals surface area contributed by atoms with Crippen molar-refractivity contribution in [1.82, 2.24) is 10.2 Å². The van der Waals surface area contributed by atoms with E-state index >= 15 is 0 Å². The number of carbonyl (C=O) groups is 1. The fourth-order valence-electron chi connectivity index (χ4n) is 5.21. The van der Waals surface area contributed by atoms with Gasteiger partial charge in [-0.25, -0.2) is 0 Å². The summed E-state index contributed by atoms with van der Waals surface area (Å²) in [6.07, 6.45) is 5.58. The summed E-state index contributed by atoms with van der Waals surface area (Å²) in [5.74, 6) is 0.828. The number of nitrogens with zero attached hydrogens (tertiary/aromatic N) is 1. The summed E-state index contributed by atoms with van der Waals surface area (Å²) >= 11 is 0. The lowest BCUT2D eigenvalue weighted by Crippen LogP contribution is -2.50. The number of rotatable bonds is 3. The van der Waals surface area contributed by atoms with Gasteiger partial charge < -0.3 is 10.1 Å². The Kier molecular flexibility index (Phi) is 4.06. The van der Waals surface area contributed by atoms with E-state index in [0.29, 0.717) is 23.7 Å². The first kappa shape index (κ1) is 16.9. The molecule has 4 rings (SSSR count). The number of aryl methyl sites for hydroxylation is 1. The Morgan fingerprint density at radius 2 is 1.96 bits per heavy atom. The van der Waals surface area contributed by atoms with E-state index in [1.165, 1.54) is 12.8 Å². The van der Waals surface area contributed by atoms with Crippen LogP contribution in [0.25, 0.3) is 0 Å². The molecule has 0 saturated carbocycles. The molecule has 2 atom stereocenters. The van der Waals surface area contributed by atoms with Crippen LogP contribution in [0.2, 0.25) is 0 Å². The normalized spacial score (nSPS) is 30.0. The van der Waals surface area contributed by atoms with Gasteiger partial charge in [0, 0.05) is 24.5 Å². The van der Waals surface area contributed by atoms with Gasteiger partial charge in [0.1, 0.15) is 11.4 Å². The number of ether oxygens (including phenoxy) is 1. The van der Waals surface area contributed by atoms with Crippen molar-refractivity contribution in [2.24, 2.45) is 0 Å². The summed E-state index contributed by atoms with van der Waals surface area (Å²) in [6, 6.07) is 5.71. The number of hydrogen-bond donors (Lipinski definition) is 1. The summed E-state index contributed by atoms with van der Waals surface area (Å²) in [5, 5.41) is 3.32. The minimum Gasteiger partial charge on any atom is -0.486 e. The maximum absolute atomic E-state index is 13.0. The lowest BCUT2D eigenvalue weighted by molar-refractivity contribution is 0.0846. The van der Waals surface area contributed by atoms with Crippen molar-refractivity contribution in [3.63, 3.8) is 0 Å². The van der Waals surface area contributed by atoms with Gasteiger partial charge in [-0.05, 0) is 70.2 Å². The topological polar surface area (TPSA) is 41.6 Å². The zero-order chi connectivity index (χ0) is 17.8. The largest absolute Gasteiger partial charge is 0.486 e. The molecule has 3 aliphatic heterocycles. The molecule has 1 amide bonds. The first-order chi connectivity index (χ1) is 11.9. The molecule has 1 N–H and O–H groups in total. The Labute approximate surface area is 150 Å². The molecule has 2 fully saturated rings. The summed E-state index contributed by atoms with van der Waals surface area (Å²) < 4.78 is 6.11. The lowest BCUT2D eigenvalue weighted by atomic mass is 9.96. The second-order valence-electron chi connectivity index (χ2n) is 8.70. The first-order valence-electron chi connectivity index (χ1n) is 9.75. The first-order valence-corrected chi connectivity index (χ1v) is 9.75. The number of piperidine rings is 1. The minimum absolute atomic E-state index is 0.0343. The Balaban J connectivity index is 1.52. The van der Waals surface area contributed by atoms with Crippen LogP contribution in [0.15, 0.2) is 12.1 Å². The number of benzene rings is 1. The molecule has 1 aromatic carbocycles. The van der Waals surface area contributed by atoms with Gasteiger partial charge in [0.05, 0.1) is 5.56 Å². The highest BCUT2D eigenvalue weighted by Gasteiger charge is 2.40. The molecule has 2 saturated heterocycles. The fraction of sp³-hybridized carbons (Fsp3) is 0.667. The van der Waals surface area contributed by atoms with Gasteiger partial charge in [-0.3, -0.25) is 9.69 Å². The molecule has 4 nitrogen and oxygen atoms in total. The molecule has 0 aromatic heterocycles. The average molecular weight is 342 g/mol. The third-order valence-corrected chi connectivity index (χ3v) is 6.13. The van der Waals surface area contributed by atoms with Crippen LogP contribution in [0.3, 0.4) is 0 Å². The van der Waals surface area contributed by atoms with Crippen LogP contribution in [0, 0.1) is 6.92 Å². The zero-order valence-electron chi connectivity index (χ0n) is 15.9. The van der Waals surface area contributed by atoms with E-state index in [0.717, 1.165) is 42.7 Å². The Hall–Kier alpha value is -1.55. The van der Waals surface area contributed by atoms with E-state index in [1.807, 2.05) is 6.07 Å². The van der Waals surface area contributed by atoms with E-state index in [4.69, 9.17) is 4.74 Å². The van der Waals surface area contributed by atoms with E-state index in [2.05, 4.69) is 44.0 Å². The number of hydrogen-bond acceptors (Lipinski definition) is 3. The Morgan fingerprint density at radius 1 is 1.28 bits per heavy atom. The average Bonchev–Trinajstić information content (AvgIpc) is 2.97. The quantitative estimate of drug-likeness (QED) is 0.915. The third kappa shape index (κ3) is 3.05. The van der Waals surface area contributed by atoms with Crippen LogP contribution in [-0.4, -0.2) is 41.1 Å². The second kappa shape index (κ2) is 6.01. The van der Waals surface area contributed by atoms with Crippen LogP contribution >= 0.6 is 0 Å². The molecule has 1 aromatic rings. The molecule has 3 heterocycles. The molecule has 4 heteroatoms. The monoisotopic (exact) mass is 342 g/mol. The number of carbonyl (C=O) groups excluding carboxylic acids is 1. The summed E-state index contributed by atoms with van der Waals surface area (Å²) in [4.78, 5) is 15.6. The van der Waals surface area contributed by atoms with Crippen molar-refractivity contribution < 1.29 is 9.53 Å². The smallest absolute Gasteiger partial charge is 0.255 e. The van der Waals surface area contributed by atoms with Crippen molar-refractivity contribution in [3.8, 4) is 5.75 Å². The molecule has 136 valence electrons. The molecule has 25 heavy (non-hydrogen) atoms.